The maximum Gasteiger partial charge on any atom is 0.189 e. The second-order valence-corrected chi connectivity index (χ2v) is 5.60. The first kappa shape index (κ1) is 14.1. The fraction of sp³-hybridized carbons (Fsp3) is 0.154. The first-order valence-corrected chi connectivity index (χ1v) is 7.26. The highest BCUT2D eigenvalue weighted by Gasteiger charge is 2.14. The predicted octanol–water partition coefficient (Wildman–Crippen LogP) is 4.43. The van der Waals surface area contributed by atoms with E-state index in [0.717, 1.165) is 11.3 Å². The molecular formula is C13H9Cl2N3S. The summed E-state index contributed by atoms with van der Waals surface area (Å²) in [4.78, 5) is 8.50. The molecule has 2 aromatic rings. The number of thioether (sulfide) groups is 1. The monoisotopic (exact) mass is 309 g/mol. The van der Waals surface area contributed by atoms with E-state index in [1.165, 1.54) is 11.8 Å². The Morgan fingerprint density at radius 3 is 2.47 bits per heavy atom. The summed E-state index contributed by atoms with van der Waals surface area (Å²) in [6.45, 7) is 2.00. The smallest absolute Gasteiger partial charge is 0.189 e. The van der Waals surface area contributed by atoms with E-state index in [0.29, 0.717) is 15.9 Å². The molecule has 0 aliphatic rings. The number of hydrogen-bond donors (Lipinski definition) is 0. The average Bonchev–Trinajstić information content (AvgIpc) is 2.39. The maximum atomic E-state index is 9.19. The first-order chi connectivity index (χ1) is 9.15. The molecule has 0 saturated carbocycles. The topological polar surface area (TPSA) is 49.6 Å². The van der Waals surface area contributed by atoms with Crippen LogP contribution in [0.1, 0.15) is 12.5 Å². The van der Waals surface area contributed by atoms with Gasteiger partial charge in [0.15, 0.2) is 10.3 Å². The molecule has 0 fully saturated rings. The fourth-order valence-electron chi connectivity index (χ4n) is 1.52. The van der Waals surface area contributed by atoms with Gasteiger partial charge < -0.3 is 0 Å². The van der Waals surface area contributed by atoms with Crippen molar-refractivity contribution in [2.75, 3.05) is 5.75 Å². The van der Waals surface area contributed by atoms with Crippen LogP contribution in [0.4, 0.5) is 0 Å². The van der Waals surface area contributed by atoms with Gasteiger partial charge in [0.25, 0.3) is 0 Å². The van der Waals surface area contributed by atoms with Crippen molar-refractivity contribution in [3.63, 3.8) is 0 Å². The molecule has 0 amide bonds. The SMILES string of the molecule is CCSc1nc(Cl)c(C#N)c(-c2ccc(Cl)cc2)n1. The standard InChI is InChI=1S/C13H9Cl2N3S/c1-2-19-13-17-11(10(7-16)12(15)18-13)8-3-5-9(14)6-4-8/h3-6H,2H2,1H3. The molecule has 1 heterocycles. The van der Waals surface area contributed by atoms with E-state index in [9.17, 15) is 5.26 Å². The molecule has 3 nitrogen and oxygen atoms in total. The lowest BCUT2D eigenvalue weighted by Gasteiger charge is -2.07. The zero-order chi connectivity index (χ0) is 13.8. The zero-order valence-electron chi connectivity index (χ0n) is 10.0. The summed E-state index contributed by atoms with van der Waals surface area (Å²) in [5.74, 6) is 0.836. The lowest BCUT2D eigenvalue weighted by Crippen LogP contribution is -1.97. The quantitative estimate of drug-likeness (QED) is 0.478. The third kappa shape index (κ3) is 3.19. The highest BCUT2D eigenvalue weighted by atomic mass is 35.5. The largest absolute Gasteiger partial charge is 0.221 e. The Balaban J connectivity index is 2.60. The minimum absolute atomic E-state index is 0.179. The van der Waals surface area contributed by atoms with Crippen molar-refractivity contribution in [3.8, 4) is 17.3 Å². The Morgan fingerprint density at radius 1 is 1.21 bits per heavy atom. The number of nitrogens with zero attached hydrogens (tertiary/aromatic N) is 3. The van der Waals surface area contributed by atoms with Crippen molar-refractivity contribution < 1.29 is 0 Å². The van der Waals surface area contributed by atoms with Gasteiger partial charge in [-0.05, 0) is 17.9 Å². The molecule has 0 spiro atoms. The number of hydrogen-bond acceptors (Lipinski definition) is 4. The van der Waals surface area contributed by atoms with Gasteiger partial charge in [0.2, 0.25) is 0 Å². The summed E-state index contributed by atoms with van der Waals surface area (Å²) in [5.41, 5.74) is 1.61. The van der Waals surface area contributed by atoms with E-state index in [1.807, 2.05) is 25.1 Å². The van der Waals surface area contributed by atoms with Crippen molar-refractivity contribution in [2.24, 2.45) is 0 Å². The van der Waals surface area contributed by atoms with Gasteiger partial charge in [-0.1, -0.05) is 54.0 Å². The molecule has 96 valence electrons. The summed E-state index contributed by atoms with van der Waals surface area (Å²) < 4.78 is 0. The minimum Gasteiger partial charge on any atom is -0.221 e. The highest BCUT2D eigenvalue weighted by molar-refractivity contribution is 7.99. The van der Waals surface area contributed by atoms with Crippen LogP contribution in [0.5, 0.6) is 0 Å². The van der Waals surface area contributed by atoms with Crippen LogP contribution in [0, 0.1) is 11.3 Å². The van der Waals surface area contributed by atoms with Gasteiger partial charge in [0, 0.05) is 10.6 Å². The van der Waals surface area contributed by atoms with Crippen LogP contribution in [0.2, 0.25) is 10.2 Å². The van der Waals surface area contributed by atoms with E-state index in [4.69, 9.17) is 23.2 Å². The van der Waals surface area contributed by atoms with Crippen molar-refractivity contribution in [1.82, 2.24) is 9.97 Å². The second-order valence-electron chi connectivity index (χ2n) is 3.57. The predicted molar refractivity (Wildman–Crippen MR) is 78.6 cm³/mol. The molecule has 0 unspecified atom stereocenters. The van der Waals surface area contributed by atoms with Crippen LogP contribution in [0.25, 0.3) is 11.3 Å². The molecule has 0 aliphatic heterocycles. The lowest BCUT2D eigenvalue weighted by molar-refractivity contribution is 0.967. The summed E-state index contributed by atoms with van der Waals surface area (Å²) in [6, 6.07) is 9.16. The van der Waals surface area contributed by atoms with Crippen LogP contribution in [0.3, 0.4) is 0 Å². The van der Waals surface area contributed by atoms with Crippen molar-refractivity contribution in [3.05, 3.63) is 40.0 Å². The van der Waals surface area contributed by atoms with E-state index in [1.54, 1.807) is 12.1 Å². The number of halogens is 2. The number of benzene rings is 1. The summed E-state index contributed by atoms with van der Waals surface area (Å²) in [6.07, 6.45) is 0. The average molecular weight is 310 g/mol. The van der Waals surface area contributed by atoms with E-state index in [-0.39, 0.29) is 10.7 Å². The summed E-state index contributed by atoms with van der Waals surface area (Å²) in [5, 5.41) is 10.6. The third-order valence-electron chi connectivity index (χ3n) is 2.35. The number of rotatable bonds is 3. The molecule has 1 aromatic carbocycles. The van der Waals surface area contributed by atoms with Crippen LogP contribution in [0.15, 0.2) is 29.4 Å². The molecule has 19 heavy (non-hydrogen) atoms. The minimum atomic E-state index is 0.179. The summed E-state index contributed by atoms with van der Waals surface area (Å²) >= 11 is 13.4. The summed E-state index contributed by atoms with van der Waals surface area (Å²) in [7, 11) is 0. The molecule has 0 atom stereocenters. The van der Waals surface area contributed by atoms with Gasteiger partial charge >= 0.3 is 0 Å². The highest BCUT2D eigenvalue weighted by Crippen LogP contribution is 2.29. The van der Waals surface area contributed by atoms with Gasteiger partial charge in [-0.25, -0.2) is 9.97 Å². The van der Waals surface area contributed by atoms with Crippen LogP contribution in [-0.2, 0) is 0 Å². The normalized spacial score (nSPS) is 10.2. The third-order valence-corrected chi connectivity index (χ3v) is 3.60. The Morgan fingerprint density at radius 2 is 1.89 bits per heavy atom. The molecule has 0 aliphatic carbocycles. The van der Waals surface area contributed by atoms with Crippen LogP contribution >= 0.6 is 35.0 Å². The molecule has 0 N–H and O–H groups in total. The molecule has 0 saturated heterocycles. The lowest BCUT2D eigenvalue weighted by atomic mass is 10.1. The van der Waals surface area contributed by atoms with Gasteiger partial charge in [0.05, 0.1) is 5.69 Å². The van der Waals surface area contributed by atoms with E-state index in [2.05, 4.69) is 9.97 Å². The van der Waals surface area contributed by atoms with Crippen molar-refractivity contribution in [1.29, 1.82) is 5.26 Å². The van der Waals surface area contributed by atoms with Crippen molar-refractivity contribution in [2.45, 2.75) is 12.1 Å². The molecular weight excluding hydrogens is 301 g/mol. The zero-order valence-corrected chi connectivity index (χ0v) is 12.4. The number of nitriles is 1. The van der Waals surface area contributed by atoms with Crippen LogP contribution < -0.4 is 0 Å². The molecule has 2 rings (SSSR count). The number of aromatic nitrogens is 2. The molecule has 0 bridgehead atoms. The second kappa shape index (κ2) is 6.25. The van der Waals surface area contributed by atoms with Gasteiger partial charge in [-0.2, -0.15) is 5.26 Å². The Kier molecular flexibility index (Phi) is 4.65. The Bertz CT molecular complexity index is 636. The van der Waals surface area contributed by atoms with E-state index < -0.39 is 0 Å². The molecule has 0 radical (unpaired) electrons. The first-order valence-electron chi connectivity index (χ1n) is 5.52. The van der Waals surface area contributed by atoms with E-state index >= 15 is 0 Å². The van der Waals surface area contributed by atoms with Gasteiger partial charge in [-0.3, -0.25) is 0 Å². The fourth-order valence-corrected chi connectivity index (χ4v) is 2.48. The Hall–Kier alpha value is -1.28. The molecule has 6 heteroatoms. The van der Waals surface area contributed by atoms with Gasteiger partial charge in [0.1, 0.15) is 11.6 Å². The van der Waals surface area contributed by atoms with Crippen molar-refractivity contribution >= 4 is 35.0 Å². The maximum absolute atomic E-state index is 9.19. The van der Waals surface area contributed by atoms with Gasteiger partial charge in [-0.15, -0.1) is 0 Å². The molecule has 1 aromatic heterocycles. The van der Waals surface area contributed by atoms with Crippen LogP contribution in [-0.4, -0.2) is 15.7 Å². The Labute approximate surface area is 125 Å².